The van der Waals surface area contributed by atoms with Crippen molar-refractivity contribution in [3.05, 3.63) is 21.2 Å². The van der Waals surface area contributed by atoms with Crippen molar-refractivity contribution in [3.8, 4) is 0 Å². The van der Waals surface area contributed by atoms with Gasteiger partial charge in [0.25, 0.3) is 0 Å². The molecule has 0 radical (unpaired) electrons. The molecule has 1 aliphatic rings. The fourth-order valence-electron chi connectivity index (χ4n) is 2.21. The lowest BCUT2D eigenvalue weighted by Gasteiger charge is -2.27. The Labute approximate surface area is 112 Å². The smallest absolute Gasteiger partial charge is 0.188 e. The molecule has 0 aromatic rings. The number of rotatable bonds is 4. The average molecular weight is 301 g/mol. The predicted octanol–water partition coefficient (Wildman–Crippen LogP) is 4.15. The summed E-state index contributed by atoms with van der Waals surface area (Å²) in [4.78, 5) is 12.3. The number of hydrogen-bond donors (Lipinski definition) is 0. The molecular weight excluding hydrogens is 280 g/mol. The van der Waals surface area contributed by atoms with E-state index in [-0.39, 0.29) is 5.78 Å². The first-order valence-electron chi connectivity index (χ1n) is 6.07. The molecule has 0 saturated carbocycles. The van der Waals surface area contributed by atoms with Gasteiger partial charge in [-0.1, -0.05) is 29.3 Å². The normalized spacial score (nSPS) is 28.0. The summed E-state index contributed by atoms with van der Waals surface area (Å²) in [6, 6.07) is 0. The first-order chi connectivity index (χ1) is 7.90. The Balaban J connectivity index is 3.21. The monoisotopic (exact) mass is 300 g/mol. The van der Waals surface area contributed by atoms with Gasteiger partial charge in [0.15, 0.2) is 5.78 Å². The van der Waals surface area contributed by atoms with Gasteiger partial charge in [0, 0.05) is 17.2 Å². The highest BCUT2D eigenvalue weighted by molar-refractivity contribution is 9.11. The molecule has 0 amide bonds. The van der Waals surface area contributed by atoms with Crippen LogP contribution in [0.1, 0.15) is 47.0 Å². The Morgan fingerprint density at radius 2 is 2.00 bits per heavy atom. The van der Waals surface area contributed by atoms with E-state index in [4.69, 9.17) is 4.74 Å². The van der Waals surface area contributed by atoms with E-state index >= 15 is 0 Å². The molecule has 1 rings (SSSR count). The number of allylic oxidation sites excluding steroid dienone is 2. The number of hydrogen-bond acceptors (Lipinski definition) is 2. The predicted molar refractivity (Wildman–Crippen MR) is 74.3 cm³/mol. The summed E-state index contributed by atoms with van der Waals surface area (Å²) in [5.74, 6) is 0.120. The van der Waals surface area contributed by atoms with Gasteiger partial charge in [-0.05, 0) is 44.8 Å². The van der Waals surface area contributed by atoms with Crippen LogP contribution in [0.15, 0.2) is 21.2 Å². The van der Waals surface area contributed by atoms with E-state index in [1.807, 2.05) is 20.8 Å². The molecule has 2 nitrogen and oxygen atoms in total. The van der Waals surface area contributed by atoms with Gasteiger partial charge < -0.3 is 4.74 Å². The maximum atomic E-state index is 12.3. The van der Waals surface area contributed by atoms with Crippen molar-refractivity contribution in [2.45, 2.75) is 52.6 Å². The topological polar surface area (TPSA) is 26.3 Å². The number of carbonyl (C=O) groups excluding carboxylic acids is 1. The van der Waals surface area contributed by atoms with Gasteiger partial charge in [-0.25, -0.2) is 0 Å². The van der Waals surface area contributed by atoms with Crippen molar-refractivity contribution >= 4 is 21.7 Å². The number of ether oxygens (including phenoxy) is 1. The van der Waals surface area contributed by atoms with Crippen LogP contribution < -0.4 is 0 Å². The third kappa shape index (κ3) is 2.41. The Bertz CT molecular complexity index is 393. The van der Waals surface area contributed by atoms with Gasteiger partial charge in [0.05, 0.1) is 0 Å². The van der Waals surface area contributed by atoms with Gasteiger partial charge in [0.2, 0.25) is 0 Å². The summed E-state index contributed by atoms with van der Waals surface area (Å²) in [6.07, 6.45) is 3.10. The van der Waals surface area contributed by atoms with Crippen molar-refractivity contribution in [2.24, 2.45) is 0 Å². The second-order valence-electron chi connectivity index (χ2n) is 4.70. The van der Waals surface area contributed by atoms with Gasteiger partial charge >= 0.3 is 0 Å². The summed E-state index contributed by atoms with van der Waals surface area (Å²) in [5, 5.41) is 0. The molecule has 0 saturated heterocycles. The summed E-state index contributed by atoms with van der Waals surface area (Å²) in [7, 11) is 1.66. The molecule has 0 aromatic heterocycles. The van der Waals surface area contributed by atoms with Crippen LogP contribution in [0.25, 0.3) is 0 Å². The lowest BCUT2D eigenvalue weighted by atomic mass is 9.92. The van der Waals surface area contributed by atoms with E-state index in [1.165, 1.54) is 0 Å². The molecule has 1 atom stereocenters. The van der Waals surface area contributed by atoms with Gasteiger partial charge in [-0.3, -0.25) is 4.79 Å². The molecule has 0 aromatic carbocycles. The maximum absolute atomic E-state index is 12.3. The van der Waals surface area contributed by atoms with Crippen molar-refractivity contribution in [3.63, 3.8) is 0 Å². The number of carbonyl (C=O) groups is 1. The SMILES string of the molecule is CCCC/C(Br)=C1/C(=O)C(C)=C(C)C1(C)OC. The lowest BCUT2D eigenvalue weighted by Crippen LogP contribution is -2.30. The summed E-state index contributed by atoms with van der Waals surface area (Å²) < 4.78 is 6.59. The van der Waals surface area contributed by atoms with E-state index in [0.29, 0.717) is 0 Å². The van der Waals surface area contributed by atoms with E-state index < -0.39 is 5.60 Å². The van der Waals surface area contributed by atoms with Gasteiger partial charge in [0.1, 0.15) is 5.60 Å². The van der Waals surface area contributed by atoms with Crippen LogP contribution in [0.2, 0.25) is 0 Å². The summed E-state index contributed by atoms with van der Waals surface area (Å²) >= 11 is 3.57. The third-order valence-electron chi connectivity index (χ3n) is 3.75. The summed E-state index contributed by atoms with van der Waals surface area (Å²) in [6.45, 7) is 7.97. The Morgan fingerprint density at radius 3 is 2.47 bits per heavy atom. The molecule has 0 fully saturated rings. The minimum absolute atomic E-state index is 0.120. The van der Waals surface area contributed by atoms with Crippen molar-refractivity contribution in [1.29, 1.82) is 0 Å². The molecule has 0 N–H and O–H groups in total. The highest BCUT2D eigenvalue weighted by Crippen LogP contribution is 2.43. The van der Waals surface area contributed by atoms with Crippen LogP contribution in [-0.4, -0.2) is 18.5 Å². The van der Waals surface area contributed by atoms with Crippen molar-refractivity contribution in [1.82, 2.24) is 0 Å². The van der Waals surface area contributed by atoms with Crippen LogP contribution in [-0.2, 0) is 9.53 Å². The summed E-state index contributed by atoms with van der Waals surface area (Å²) in [5.41, 5.74) is 2.06. The number of ketones is 1. The maximum Gasteiger partial charge on any atom is 0.188 e. The molecule has 1 unspecified atom stereocenters. The lowest BCUT2D eigenvalue weighted by molar-refractivity contribution is -0.113. The zero-order valence-corrected chi connectivity index (χ0v) is 12.9. The largest absolute Gasteiger partial charge is 0.369 e. The van der Waals surface area contributed by atoms with Crippen LogP contribution in [0.3, 0.4) is 0 Å². The first kappa shape index (κ1) is 14.7. The van der Waals surface area contributed by atoms with Crippen LogP contribution in [0.4, 0.5) is 0 Å². The molecule has 3 heteroatoms. The van der Waals surface area contributed by atoms with Gasteiger partial charge in [-0.2, -0.15) is 0 Å². The minimum atomic E-state index is -0.562. The first-order valence-corrected chi connectivity index (χ1v) is 6.86. The number of Topliss-reactive ketones (excluding diaryl/α,β-unsaturated/α-hetero) is 1. The number of methoxy groups -OCH3 is 1. The second kappa shape index (κ2) is 5.49. The number of halogens is 1. The van der Waals surface area contributed by atoms with E-state index in [9.17, 15) is 4.79 Å². The highest BCUT2D eigenvalue weighted by Gasteiger charge is 2.44. The Kier molecular flexibility index (Phi) is 4.73. The van der Waals surface area contributed by atoms with Crippen molar-refractivity contribution < 1.29 is 9.53 Å². The number of unbranched alkanes of at least 4 members (excludes halogenated alkanes) is 1. The zero-order valence-electron chi connectivity index (χ0n) is 11.3. The van der Waals surface area contributed by atoms with E-state index in [0.717, 1.165) is 40.5 Å². The Morgan fingerprint density at radius 1 is 1.41 bits per heavy atom. The average Bonchev–Trinajstić information content (AvgIpc) is 2.49. The Hall–Kier alpha value is -0.410. The second-order valence-corrected chi connectivity index (χ2v) is 5.66. The van der Waals surface area contributed by atoms with E-state index in [1.54, 1.807) is 7.11 Å². The third-order valence-corrected chi connectivity index (χ3v) is 4.55. The van der Waals surface area contributed by atoms with Crippen LogP contribution >= 0.6 is 15.9 Å². The fourth-order valence-corrected chi connectivity index (χ4v) is 3.05. The zero-order chi connectivity index (χ0) is 13.2. The van der Waals surface area contributed by atoms with Crippen LogP contribution in [0.5, 0.6) is 0 Å². The molecule has 17 heavy (non-hydrogen) atoms. The molecule has 96 valence electrons. The standard InChI is InChI=1S/C14H21BrO2/c1-6-7-8-11(15)12-13(16)9(2)10(3)14(12,4)17-5/h6-8H2,1-5H3/b12-11+. The molecule has 0 bridgehead atoms. The molecule has 0 heterocycles. The quantitative estimate of drug-likeness (QED) is 0.729. The molecule has 0 spiro atoms. The molecule has 1 aliphatic carbocycles. The molecular formula is C14H21BrO2. The highest BCUT2D eigenvalue weighted by atomic mass is 79.9. The van der Waals surface area contributed by atoms with Crippen LogP contribution in [0, 0.1) is 0 Å². The minimum Gasteiger partial charge on any atom is -0.369 e. The van der Waals surface area contributed by atoms with Gasteiger partial charge in [-0.15, -0.1) is 0 Å². The molecule has 0 aliphatic heterocycles. The van der Waals surface area contributed by atoms with E-state index in [2.05, 4.69) is 22.9 Å². The van der Waals surface area contributed by atoms with Crippen molar-refractivity contribution in [2.75, 3.05) is 7.11 Å². The fraction of sp³-hybridized carbons (Fsp3) is 0.643.